The minimum absolute atomic E-state index is 0.401. The fraction of sp³-hybridized carbons (Fsp3) is 0.667. The maximum atomic E-state index is 5.27. The van der Waals surface area contributed by atoms with Gasteiger partial charge in [-0.3, -0.25) is 0 Å². The molecule has 0 atom stereocenters. The minimum Gasteiger partial charge on any atom is -0.385 e. The van der Waals surface area contributed by atoms with Gasteiger partial charge in [0.15, 0.2) is 0 Å². The Bertz CT molecular complexity index is 417. The molecule has 1 aromatic heterocycles. The number of hydrogen-bond acceptors (Lipinski definition) is 3. The first-order valence-electron chi connectivity index (χ1n) is 7.00. The Kier molecular flexibility index (Phi) is 5.22. The lowest BCUT2D eigenvalue weighted by atomic mass is 9.83. The Morgan fingerprint density at radius 1 is 1.42 bits per heavy atom. The second-order valence-corrected chi connectivity index (χ2v) is 6.48. The van der Waals surface area contributed by atoms with Crippen molar-refractivity contribution in [2.75, 3.05) is 25.6 Å². The van der Waals surface area contributed by atoms with E-state index in [9.17, 15) is 0 Å². The van der Waals surface area contributed by atoms with Crippen LogP contribution in [0.4, 0.5) is 5.82 Å². The van der Waals surface area contributed by atoms with Crippen LogP contribution in [0.15, 0.2) is 16.7 Å². The van der Waals surface area contributed by atoms with E-state index in [1.807, 2.05) is 6.20 Å². The van der Waals surface area contributed by atoms with E-state index in [1.54, 1.807) is 7.11 Å². The van der Waals surface area contributed by atoms with E-state index in [-0.39, 0.29) is 0 Å². The molecule has 0 bridgehead atoms. The molecule has 2 rings (SSSR count). The van der Waals surface area contributed by atoms with Crippen molar-refractivity contribution < 1.29 is 4.74 Å². The third-order valence-corrected chi connectivity index (χ3v) is 5.02. The molecule has 0 spiro atoms. The van der Waals surface area contributed by atoms with Crippen LogP contribution in [0, 0.1) is 12.3 Å². The van der Waals surface area contributed by atoms with Crippen molar-refractivity contribution in [2.24, 2.45) is 5.41 Å². The highest BCUT2D eigenvalue weighted by Gasteiger charge is 2.33. The number of rotatable bonds is 6. The highest BCUT2D eigenvalue weighted by molar-refractivity contribution is 9.10. The number of nitrogens with one attached hydrogen (secondary N) is 1. The number of aromatic nitrogens is 1. The average molecular weight is 327 g/mol. The van der Waals surface area contributed by atoms with Crippen LogP contribution in [-0.4, -0.2) is 25.2 Å². The predicted octanol–water partition coefficient (Wildman–Crippen LogP) is 4.16. The molecule has 1 heterocycles. The third kappa shape index (κ3) is 3.93. The van der Waals surface area contributed by atoms with Crippen LogP contribution >= 0.6 is 15.9 Å². The molecular weight excluding hydrogens is 304 g/mol. The average Bonchev–Trinajstić information content (AvgIpc) is 2.87. The number of halogens is 1. The second kappa shape index (κ2) is 6.71. The summed E-state index contributed by atoms with van der Waals surface area (Å²) >= 11 is 3.48. The smallest absolute Gasteiger partial charge is 0.126 e. The fourth-order valence-electron chi connectivity index (χ4n) is 2.87. The summed E-state index contributed by atoms with van der Waals surface area (Å²) in [5.74, 6) is 0.976. The molecule has 3 nitrogen and oxygen atoms in total. The molecule has 0 unspecified atom stereocenters. The first-order valence-corrected chi connectivity index (χ1v) is 7.79. The standard InChI is InChI=1S/C15H23BrN2O/c1-12-9-14(17-10-13(12)16)18-11-15(7-8-19-2)5-3-4-6-15/h9-10H,3-8,11H2,1-2H3,(H,17,18). The Balaban J connectivity index is 1.96. The number of anilines is 1. The van der Waals surface area contributed by atoms with Crippen molar-refractivity contribution in [1.29, 1.82) is 0 Å². The first kappa shape index (κ1) is 14.8. The Morgan fingerprint density at radius 3 is 2.79 bits per heavy atom. The van der Waals surface area contributed by atoms with E-state index >= 15 is 0 Å². The first-order chi connectivity index (χ1) is 9.15. The summed E-state index contributed by atoms with van der Waals surface area (Å²) in [6.45, 7) is 3.95. The van der Waals surface area contributed by atoms with E-state index in [1.165, 1.54) is 31.2 Å². The maximum Gasteiger partial charge on any atom is 0.126 e. The maximum absolute atomic E-state index is 5.27. The van der Waals surface area contributed by atoms with Crippen LogP contribution in [0.1, 0.15) is 37.7 Å². The largest absolute Gasteiger partial charge is 0.385 e. The van der Waals surface area contributed by atoms with Gasteiger partial charge in [-0.25, -0.2) is 4.98 Å². The lowest BCUT2D eigenvalue weighted by Crippen LogP contribution is -2.28. The normalized spacial score (nSPS) is 17.6. The van der Waals surface area contributed by atoms with Gasteiger partial charge in [0.05, 0.1) is 0 Å². The molecule has 106 valence electrons. The van der Waals surface area contributed by atoms with E-state index < -0.39 is 0 Å². The molecule has 0 radical (unpaired) electrons. The molecule has 19 heavy (non-hydrogen) atoms. The molecule has 1 aliphatic rings. The molecule has 1 N–H and O–H groups in total. The van der Waals surface area contributed by atoms with Crippen molar-refractivity contribution in [3.63, 3.8) is 0 Å². The summed E-state index contributed by atoms with van der Waals surface area (Å²) in [5, 5.41) is 3.52. The number of pyridine rings is 1. The van der Waals surface area contributed by atoms with Gasteiger partial charge in [0, 0.05) is 30.9 Å². The van der Waals surface area contributed by atoms with E-state index in [0.717, 1.165) is 29.9 Å². The SMILES string of the molecule is COCCC1(CNc2cc(C)c(Br)cn2)CCCC1. The monoisotopic (exact) mass is 326 g/mol. The van der Waals surface area contributed by atoms with Crippen LogP contribution in [0.25, 0.3) is 0 Å². The van der Waals surface area contributed by atoms with Crippen molar-refractivity contribution in [3.8, 4) is 0 Å². The Labute approximate surface area is 124 Å². The van der Waals surface area contributed by atoms with Crippen LogP contribution in [0.2, 0.25) is 0 Å². The topological polar surface area (TPSA) is 34.1 Å². The van der Waals surface area contributed by atoms with Gasteiger partial charge >= 0.3 is 0 Å². The fourth-order valence-corrected chi connectivity index (χ4v) is 3.09. The van der Waals surface area contributed by atoms with Crippen molar-refractivity contribution in [2.45, 2.75) is 39.0 Å². The second-order valence-electron chi connectivity index (χ2n) is 5.62. The van der Waals surface area contributed by atoms with Gasteiger partial charge in [0.1, 0.15) is 5.82 Å². The molecule has 0 saturated heterocycles. The highest BCUT2D eigenvalue weighted by atomic mass is 79.9. The van der Waals surface area contributed by atoms with Gasteiger partial charge in [-0.2, -0.15) is 0 Å². The number of nitrogens with zero attached hydrogens (tertiary/aromatic N) is 1. The van der Waals surface area contributed by atoms with Crippen LogP contribution in [-0.2, 0) is 4.74 Å². The lowest BCUT2D eigenvalue weighted by Gasteiger charge is -2.29. The van der Waals surface area contributed by atoms with Crippen molar-refractivity contribution in [1.82, 2.24) is 4.98 Å². The van der Waals surface area contributed by atoms with Crippen molar-refractivity contribution >= 4 is 21.7 Å². The summed E-state index contributed by atoms with van der Waals surface area (Å²) < 4.78 is 6.33. The molecule has 0 aliphatic heterocycles. The van der Waals surface area contributed by atoms with Crippen LogP contribution in [0.3, 0.4) is 0 Å². The molecule has 1 aromatic rings. The van der Waals surface area contributed by atoms with Crippen LogP contribution < -0.4 is 5.32 Å². The van der Waals surface area contributed by atoms with E-state index in [0.29, 0.717) is 5.41 Å². The van der Waals surface area contributed by atoms with E-state index in [2.05, 4.69) is 39.2 Å². The lowest BCUT2D eigenvalue weighted by molar-refractivity contribution is 0.143. The predicted molar refractivity (Wildman–Crippen MR) is 82.6 cm³/mol. The summed E-state index contributed by atoms with van der Waals surface area (Å²) in [4.78, 5) is 4.42. The van der Waals surface area contributed by atoms with Gasteiger partial charge in [-0.05, 0) is 59.2 Å². The number of hydrogen-bond donors (Lipinski definition) is 1. The summed E-state index contributed by atoms with van der Waals surface area (Å²) in [7, 11) is 1.79. The molecule has 1 saturated carbocycles. The zero-order chi connectivity index (χ0) is 13.7. The molecule has 1 fully saturated rings. The van der Waals surface area contributed by atoms with Crippen LogP contribution in [0.5, 0.6) is 0 Å². The van der Waals surface area contributed by atoms with Gasteiger partial charge in [-0.15, -0.1) is 0 Å². The van der Waals surface area contributed by atoms with Gasteiger partial charge in [0.25, 0.3) is 0 Å². The summed E-state index contributed by atoms with van der Waals surface area (Å²) in [6, 6.07) is 2.10. The molecule has 0 aromatic carbocycles. The van der Waals surface area contributed by atoms with Gasteiger partial charge in [-0.1, -0.05) is 12.8 Å². The third-order valence-electron chi connectivity index (χ3n) is 4.19. The van der Waals surface area contributed by atoms with Gasteiger partial charge in [0.2, 0.25) is 0 Å². The van der Waals surface area contributed by atoms with E-state index in [4.69, 9.17) is 4.74 Å². The highest BCUT2D eigenvalue weighted by Crippen LogP contribution is 2.41. The molecule has 1 aliphatic carbocycles. The van der Waals surface area contributed by atoms with Gasteiger partial charge < -0.3 is 10.1 Å². The zero-order valence-corrected chi connectivity index (χ0v) is 13.4. The zero-order valence-electron chi connectivity index (χ0n) is 11.8. The summed E-state index contributed by atoms with van der Waals surface area (Å²) in [6.07, 6.45) is 8.31. The molecule has 4 heteroatoms. The number of methoxy groups -OCH3 is 1. The minimum atomic E-state index is 0.401. The molecule has 0 amide bonds. The summed E-state index contributed by atoms with van der Waals surface area (Å²) in [5.41, 5.74) is 1.62. The quantitative estimate of drug-likeness (QED) is 0.852. The Morgan fingerprint density at radius 2 is 2.16 bits per heavy atom. The number of aryl methyl sites for hydroxylation is 1. The van der Waals surface area contributed by atoms with Crippen molar-refractivity contribution in [3.05, 3.63) is 22.3 Å². The number of ether oxygens (including phenoxy) is 1. The Hall–Kier alpha value is -0.610. The molecular formula is C15H23BrN2O.